The van der Waals surface area contributed by atoms with Gasteiger partial charge in [-0.3, -0.25) is 4.79 Å². The Bertz CT molecular complexity index is 349. The number of hydrogen-bond donors (Lipinski definition) is 0. The molecule has 0 radical (unpaired) electrons. The normalized spacial score (nSPS) is 9.23. The quantitative estimate of drug-likeness (QED) is 0.658. The monoisotopic (exact) mass is 173 g/mol. The van der Waals surface area contributed by atoms with Crippen LogP contribution in [0.3, 0.4) is 0 Å². The number of nitrogens with zero attached hydrogens (tertiary/aromatic N) is 1. The molecule has 66 valence electrons. The highest BCUT2D eigenvalue weighted by Gasteiger charge is 2.04. The fraction of sp³-hybridized carbons (Fsp3) is 0.273. The molecule has 2 heteroatoms. The third kappa shape index (κ3) is 2.41. The molecule has 0 unspecified atom stereocenters. The molecule has 0 aromatic heterocycles. The molecule has 0 spiro atoms. The van der Waals surface area contributed by atoms with Crippen molar-refractivity contribution in [1.82, 2.24) is 0 Å². The van der Waals surface area contributed by atoms with Crippen LogP contribution in [-0.2, 0) is 6.42 Å². The van der Waals surface area contributed by atoms with E-state index in [0.717, 1.165) is 11.1 Å². The summed E-state index contributed by atoms with van der Waals surface area (Å²) in [6, 6.07) is 9.50. The lowest BCUT2D eigenvalue weighted by molar-refractivity contribution is 0.101. The Morgan fingerprint density at radius 3 is 2.77 bits per heavy atom. The summed E-state index contributed by atoms with van der Waals surface area (Å²) >= 11 is 0. The molecule has 0 amide bonds. The second kappa shape index (κ2) is 4.42. The fourth-order valence-electron chi connectivity index (χ4n) is 1.27. The molecule has 0 N–H and O–H groups in total. The molecule has 0 fully saturated rings. The van der Waals surface area contributed by atoms with Crippen molar-refractivity contribution >= 4 is 5.78 Å². The van der Waals surface area contributed by atoms with Gasteiger partial charge in [0.15, 0.2) is 5.78 Å². The molecule has 2 nitrogen and oxygen atoms in total. The van der Waals surface area contributed by atoms with Crippen LogP contribution >= 0.6 is 0 Å². The minimum Gasteiger partial charge on any atom is -0.295 e. The lowest BCUT2D eigenvalue weighted by Crippen LogP contribution is -1.98. The van der Waals surface area contributed by atoms with Gasteiger partial charge in [-0.15, -0.1) is 0 Å². The van der Waals surface area contributed by atoms with Gasteiger partial charge in [-0.05, 0) is 18.9 Å². The van der Waals surface area contributed by atoms with Gasteiger partial charge in [0.05, 0.1) is 6.07 Å². The third-order valence-electron chi connectivity index (χ3n) is 1.90. The zero-order valence-electron chi connectivity index (χ0n) is 7.58. The van der Waals surface area contributed by atoms with Gasteiger partial charge in [0.2, 0.25) is 0 Å². The van der Waals surface area contributed by atoms with E-state index in [-0.39, 0.29) is 5.78 Å². The summed E-state index contributed by atoms with van der Waals surface area (Å²) in [5, 5.41) is 8.42. The molecule has 0 bridgehead atoms. The Morgan fingerprint density at radius 2 is 2.15 bits per heavy atom. The van der Waals surface area contributed by atoms with Crippen LogP contribution in [0, 0.1) is 11.3 Å². The molecule has 0 saturated carbocycles. The first-order chi connectivity index (χ1) is 6.25. The Balaban J connectivity index is 2.92. The molecule has 1 aromatic rings. The molecular weight excluding hydrogens is 162 g/mol. The van der Waals surface area contributed by atoms with Crippen molar-refractivity contribution in [2.45, 2.75) is 19.8 Å². The Labute approximate surface area is 77.8 Å². The lowest BCUT2D eigenvalue weighted by Gasteiger charge is -2.03. The van der Waals surface area contributed by atoms with Gasteiger partial charge < -0.3 is 0 Å². The molecule has 1 aromatic carbocycles. The van der Waals surface area contributed by atoms with Crippen LogP contribution in [0.5, 0.6) is 0 Å². The maximum atomic E-state index is 11.1. The van der Waals surface area contributed by atoms with Crippen LogP contribution in [-0.4, -0.2) is 5.78 Å². The van der Waals surface area contributed by atoms with Crippen LogP contribution < -0.4 is 0 Å². The summed E-state index contributed by atoms with van der Waals surface area (Å²) in [7, 11) is 0. The molecule has 0 aliphatic carbocycles. The highest BCUT2D eigenvalue weighted by molar-refractivity contribution is 5.95. The average molecular weight is 173 g/mol. The van der Waals surface area contributed by atoms with Crippen molar-refractivity contribution in [1.29, 1.82) is 5.26 Å². The maximum Gasteiger partial charge on any atom is 0.160 e. The van der Waals surface area contributed by atoms with Crippen molar-refractivity contribution < 1.29 is 4.79 Å². The predicted molar refractivity (Wildman–Crippen MR) is 50.4 cm³/mol. The summed E-state index contributed by atoms with van der Waals surface area (Å²) in [5.74, 6) is 0.0635. The first-order valence-electron chi connectivity index (χ1n) is 4.21. The minimum absolute atomic E-state index is 0.0635. The zero-order valence-corrected chi connectivity index (χ0v) is 7.58. The first kappa shape index (κ1) is 9.47. The number of Topliss-reactive ketones (excluding diaryl/α,β-unsaturated/α-hetero) is 1. The Hall–Kier alpha value is -1.62. The number of aryl methyl sites for hydroxylation is 1. The molecule has 0 heterocycles. The van der Waals surface area contributed by atoms with Crippen molar-refractivity contribution in [2.75, 3.05) is 0 Å². The number of nitriles is 1. The zero-order chi connectivity index (χ0) is 9.68. The minimum atomic E-state index is 0.0635. The summed E-state index contributed by atoms with van der Waals surface area (Å²) in [6.07, 6.45) is 1.12. The van der Waals surface area contributed by atoms with Crippen molar-refractivity contribution in [3.8, 4) is 6.07 Å². The van der Waals surface area contributed by atoms with Gasteiger partial charge in [-0.25, -0.2) is 0 Å². The van der Waals surface area contributed by atoms with Crippen molar-refractivity contribution in [3.63, 3.8) is 0 Å². The van der Waals surface area contributed by atoms with Crippen LogP contribution in [0.4, 0.5) is 0 Å². The SMILES string of the molecule is CC(=O)c1ccccc1CCC#N. The molecule has 0 saturated heterocycles. The summed E-state index contributed by atoms with van der Waals surface area (Å²) < 4.78 is 0. The highest BCUT2D eigenvalue weighted by atomic mass is 16.1. The molecule has 1 rings (SSSR count). The van der Waals surface area contributed by atoms with Gasteiger partial charge in [0.1, 0.15) is 0 Å². The molecule has 0 aliphatic heterocycles. The number of ketones is 1. The van der Waals surface area contributed by atoms with E-state index in [4.69, 9.17) is 5.26 Å². The van der Waals surface area contributed by atoms with Gasteiger partial charge in [0, 0.05) is 12.0 Å². The predicted octanol–water partition coefficient (Wildman–Crippen LogP) is 2.35. The lowest BCUT2D eigenvalue weighted by atomic mass is 10.0. The first-order valence-corrected chi connectivity index (χ1v) is 4.21. The van der Waals surface area contributed by atoms with Crippen LogP contribution in [0.15, 0.2) is 24.3 Å². The highest BCUT2D eigenvalue weighted by Crippen LogP contribution is 2.11. The van der Waals surface area contributed by atoms with E-state index in [0.29, 0.717) is 12.8 Å². The van der Waals surface area contributed by atoms with Crippen LogP contribution in [0.1, 0.15) is 29.3 Å². The number of carbonyl (C=O) groups excluding carboxylic acids is 1. The Morgan fingerprint density at radius 1 is 1.46 bits per heavy atom. The number of rotatable bonds is 3. The van der Waals surface area contributed by atoms with Crippen molar-refractivity contribution in [3.05, 3.63) is 35.4 Å². The smallest absolute Gasteiger partial charge is 0.160 e. The maximum absolute atomic E-state index is 11.1. The van der Waals surface area contributed by atoms with E-state index in [1.807, 2.05) is 18.2 Å². The Kier molecular flexibility index (Phi) is 3.22. The second-order valence-electron chi connectivity index (χ2n) is 2.87. The van der Waals surface area contributed by atoms with E-state index in [9.17, 15) is 4.79 Å². The topological polar surface area (TPSA) is 40.9 Å². The van der Waals surface area contributed by atoms with Gasteiger partial charge >= 0.3 is 0 Å². The third-order valence-corrected chi connectivity index (χ3v) is 1.90. The summed E-state index contributed by atoms with van der Waals surface area (Å²) in [6.45, 7) is 1.55. The van der Waals surface area contributed by atoms with Crippen molar-refractivity contribution in [2.24, 2.45) is 0 Å². The van der Waals surface area contributed by atoms with Gasteiger partial charge in [-0.1, -0.05) is 24.3 Å². The average Bonchev–Trinajstić information content (AvgIpc) is 2.15. The molecule has 13 heavy (non-hydrogen) atoms. The van der Waals surface area contributed by atoms with E-state index in [1.54, 1.807) is 13.0 Å². The van der Waals surface area contributed by atoms with E-state index in [1.165, 1.54) is 0 Å². The summed E-state index contributed by atoms with van der Waals surface area (Å²) in [4.78, 5) is 11.1. The number of hydrogen-bond acceptors (Lipinski definition) is 2. The fourth-order valence-corrected chi connectivity index (χ4v) is 1.27. The molecule has 0 atom stereocenters. The molecule has 0 aliphatic rings. The van der Waals surface area contributed by atoms with E-state index in [2.05, 4.69) is 6.07 Å². The van der Waals surface area contributed by atoms with E-state index < -0.39 is 0 Å². The van der Waals surface area contributed by atoms with Gasteiger partial charge in [0.25, 0.3) is 0 Å². The van der Waals surface area contributed by atoms with E-state index >= 15 is 0 Å². The number of benzene rings is 1. The van der Waals surface area contributed by atoms with Crippen LogP contribution in [0.25, 0.3) is 0 Å². The second-order valence-corrected chi connectivity index (χ2v) is 2.87. The standard InChI is InChI=1S/C11H11NO/c1-9(13)11-7-3-2-5-10(11)6-4-8-12/h2-3,5,7H,4,6H2,1H3. The summed E-state index contributed by atoms with van der Waals surface area (Å²) in [5.41, 5.74) is 1.70. The number of carbonyl (C=O) groups is 1. The van der Waals surface area contributed by atoms with Gasteiger partial charge in [-0.2, -0.15) is 5.26 Å². The molecular formula is C11H11NO. The van der Waals surface area contributed by atoms with Crippen LogP contribution in [0.2, 0.25) is 0 Å². The largest absolute Gasteiger partial charge is 0.295 e.